The average Bonchev–Trinajstić information content (AvgIpc) is 2.04. The SMILES string of the molecule is C=C(N=NN)c1c#cc(C)cc1O. The topological polar surface area (TPSA) is 71.0 Å². The van der Waals surface area contributed by atoms with Gasteiger partial charge in [0, 0.05) is 5.56 Å². The molecule has 0 saturated heterocycles. The largest absolute Gasteiger partial charge is 0.507 e. The van der Waals surface area contributed by atoms with Crippen molar-refractivity contribution in [3.8, 4) is 5.75 Å². The first-order valence-electron chi connectivity index (χ1n) is 3.59. The van der Waals surface area contributed by atoms with E-state index in [1.165, 1.54) is 0 Å². The summed E-state index contributed by atoms with van der Waals surface area (Å²) in [6.07, 6.45) is 0. The highest BCUT2D eigenvalue weighted by Crippen LogP contribution is 2.22. The first kappa shape index (κ1) is 9.07. The van der Waals surface area contributed by atoms with E-state index in [1.54, 1.807) is 13.0 Å². The molecule has 13 heavy (non-hydrogen) atoms. The molecule has 1 aromatic rings. The second kappa shape index (κ2) is 3.59. The molecule has 0 amide bonds. The quantitative estimate of drug-likeness (QED) is 0.407. The van der Waals surface area contributed by atoms with E-state index in [9.17, 15) is 5.11 Å². The highest BCUT2D eigenvalue weighted by atomic mass is 16.3. The van der Waals surface area contributed by atoms with Crippen molar-refractivity contribution in [2.24, 2.45) is 16.2 Å². The van der Waals surface area contributed by atoms with E-state index in [0.29, 0.717) is 5.56 Å². The van der Waals surface area contributed by atoms with Gasteiger partial charge in [-0.15, -0.1) is 5.11 Å². The van der Waals surface area contributed by atoms with Crippen LogP contribution in [0.5, 0.6) is 5.75 Å². The Morgan fingerprint density at radius 1 is 1.62 bits per heavy atom. The summed E-state index contributed by atoms with van der Waals surface area (Å²) in [4.78, 5) is 0. The van der Waals surface area contributed by atoms with Crippen LogP contribution >= 0.6 is 0 Å². The highest BCUT2D eigenvalue weighted by Gasteiger charge is 2.03. The fourth-order valence-electron chi connectivity index (χ4n) is 0.878. The highest BCUT2D eigenvalue weighted by molar-refractivity contribution is 5.65. The van der Waals surface area contributed by atoms with Gasteiger partial charge in [0.2, 0.25) is 0 Å². The number of aromatic hydroxyl groups is 1. The van der Waals surface area contributed by atoms with Crippen molar-refractivity contribution in [2.75, 3.05) is 0 Å². The zero-order chi connectivity index (χ0) is 9.84. The van der Waals surface area contributed by atoms with Gasteiger partial charge in [-0.2, -0.15) is 0 Å². The Hall–Kier alpha value is -2.02. The summed E-state index contributed by atoms with van der Waals surface area (Å²) in [6.45, 7) is 5.35. The number of hydrogen-bond donors (Lipinski definition) is 2. The molecule has 0 spiro atoms. The molecule has 0 aromatic heterocycles. The molecule has 0 aliphatic rings. The average molecular weight is 175 g/mol. The van der Waals surface area contributed by atoms with Gasteiger partial charge in [-0.3, -0.25) is 0 Å². The number of rotatable bonds is 2. The van der Waals surface area contributed by atoms with Gasteiger partial charge in [-0.1, -0.05) is 23.9 Å². The van der Waals surface area contributed by atoms with Crippen molar-refractivity contribution < 1.29 is 5.11 Å². The van der Waals surface area contributed by atoms with E-state index in [4.69, 9.17) is 5.84 Å². The minimum absolute atomic E-state index is 0.0497. The molecule has 66 valence electrons. The van der Waals surface area contributed by atoms with E-state index in [0.717, 1.165) is 5.56 Å². The van der Waals surface area contributed by atoms with Crippen molar-refractivity contribution in [1.29, 1.82) is 0 Å². The van der Waals surface area contributed by atoms with Gasteiger partial charge in [-0.05, 0) is 13.0 Å². The summed E-state index contributed by atoms with van der Waals surface area (Å²) in [7, 11) is 0. The molecule has 1 rings (SSSR count). The third kappa shape index (κ3) is 1.97. The second-order valence-corrected chi connectivity index (χ2v) is 2.50. The van der Waals surface area contributed by atoms with Gasteiger partial charge in [0.15, 0.2) is 0 Å². The Kier molecular flexibility index (Phi) is 2.50. The lowest BCUT2D eigenvalue weighted by Crippen LogP contribution is -1.82. The van der Waals surface area contributed by atoms with Crippen LogP contribution in [0.25, 0.3) is 5.70 Å². The van der Waals surface area contributed by atoms with Crippen LogP contribution in [-0.2, 0) is 0 Å². The molecule has 0 aliphatic carbocycles. The lowest BCUT2D eigenvalue weighted by molar-refractivity contribution is 0.473. The number of nitrogens with two attached hydrogens (primary N) is 1. The molecular formula is C9H9N3O. The zero-order valence-electron chi connectivity index (χ0n) is 7.20. The molecule has 4 nitrogen and oxygen atoms in total. The van der Waals surface area contributed by atoms with Crippen molar-refractivity contribution in [3.63, 3.8) is 0 Å². The number of nitrogens with zero attached hydrogens (tertiary/aromatic N) is 2. The summed E-state index contributed by atoms with van der Waals surface area (Å²) >= 11 is 0. The summed E-state index contributed by atoms with van der Waals surface area (Å²) in [5.74, 6) is 4.89. The normalized spacial score (nSPS) is 9.92. The Bertz CT molecular complexity index is 358. The van der Waals surface area contributed by atoms with Crippen molar-refractivity contribution in [3.05, 3.63) is 35.9 Å². The van der Waals surface area contributed by atoms with E-state index in [-0.39, 0.29) is 11.4 Å². The lowest BCUT2D eigenvalue weighted by Gasteiger charge is -1.98. The smallest absolute Gasteiger partial charge is 0.134 e. The van der Waals surface area contributed by atoms with E-state index in [1.807, 2.05) is 0 Å². The predicted octanol–water partition coefficient (Wildman–Crippen LogP) is 1.60. The van der Waals surface area contributed by atoms with Crippen LogP contribution in [0.4, 0.5) is 0 Å². The van der Waals surface area contributed by atoms with Crippen LogP contribution in [0.15, 0.2) is 23.0 Å². The van der Waals surface area contributed by atoms with Gasteiger partial charge >= 0.3 is 0 Å². The Morgan fingerprint density at radius 2 is 2.31 bits per heavy atom. The fraction of sp³-hybridized carbons (Fsp3) is 0.111. The minimum Gasteiger partial charge on any atom is -0.507 e. The summed E-state index contributed by atoms with van der Waals surface area (Å²) in [5.41, 5.74) is 1.41. The summed E-state index contributed by atoms with van der Waals surface area (Å²) in [6, 6.07) is 7.04. The predicted molar refractivity (Wildman–Crippen MR) is 48.6 cm³/mol. The third-order valence-electron chi connectivity index (χ3n) is 1.46. The second-order valence-electron chi connectivity index (χ2n) is 2.50. The third-order valence-corrected chi connectivity index (χ3v) is 1.46. The molecule has 1 aromatic carbocycles. The molecule has 0 saturated carbocycles. The van der Waals surface area contributed by atoms with Crippen LogP contribution in [0, 0.1) is 19.1 Å². The number of aryl methyl sites for hydroxylation is 1. The van der Waals surface area contributed by atoms with Crippen molar-refractivity contribution in [2.45, 2.75) is 6.92 Å². The number of hydrogen-bond acceptors (Lipinski definition) is 3. The standard InChI is InChI=1S/C9H9N3O/c1-6-3-4-8(9(13)5-6)7(2)11-12-10/h5,13H,2H2,1H3,(H2,10,11). The van der Waals surface area contributed by atoms with Crippen LogP contribution in [0.2, 0.25) is 0 Å². The molecule has 0 atom stereocenters. The Morgan fingerprint density at radius 3 is 2.85 bits per heavy atom. The van der Waals surface area contributed by atoms with Crippen LogP contribution in [0.3, 0.4) is 0 Å². The molecule has 0 fully saturated rings. The molecule has 0 heterocycles. The molecule has 0 aliphatic heterocycles. The first-order valence-corrected chi connectivity index (χ1v) is 3.59. The summed E-state index contributed by atoms with van der Waals surface area (Å²) in [5, 5.41) is 16.0. The van der Waals surface area contributed by atoms with E-state index >= 15 is 0 Å². The van der Waals surface area contributed by atoms with Gasteiger partial charge in [-0.25, -0.2) is 0 Å². The summed E-state index contributed by atoms with van der Waals surface area (Å²) < 4.78 is 0. The lowest BCUT2D eigenvalue weighted by atomic mass is 10.1. The molecular weight excluding hydrogens is 166 g/mol. The maximum Gasteiger partial charge on any atom is 0.134 e. The molecule has 0 bridgehead atoms. The van der Waals surface area contributed by atoms with Gasteiger partial charge < -0.3 is 10.9 Å². The molecule has 3 N–H and O–H groups in total. The zero-order valence-corrected chi connectivity index (χ0v) is 7.20. The Balaban J connectivity index is 3.09. The van der Waals surface area contributed by atoms with Gasteiger partial charge in [0.1, 0.15) is 5.75 Å². The Labute approximate surface area is 76.4 Å². The van der Waals surface area contributed by atoms with E-state index < -0.39 is 0 Å². The van der Waals surface area contributed by atoms with E-state index in [2.05, 4.69) is 29.0 Å². The van der Waals surface area contributed by atoms with Crippen LogP contribution in [0.1, 0.15) is 11.1 Å². The van der Waals surface area contributed by atoms with Crippen LogP contribution in [-0.4, -0.2) is 5.11 Å². The maximum atomic E-state index is 9.43. The maximum absolute atomic E-state index is 9.43. The monoisotopic (exact) mass is 175 g/mol. The molecule has 4 heteroatoms. The van der Waals surface area contributed by atoms with Gasteiger partial charge in [0.25, 0.3) is 0 Å². The molecule has 0 radical (unpaired) electrons. The minimum atomic E-state index is 0.0497. The molecule has 0 unspecified atom stereocenters. The fourth-order valence-corrected chi connectivity index (χ4v) is 0.878. The van der Waals surface area contributed by atoms with Crippen LogP contribution < -0.4 is 5.84 Å². The van der Waals surface area contributed by atoms with Crippen molar-refractivity contribution in [1.82, 2.24) is 0 Å². The van der Waals surface area contributed by atoms with Crippen molar-refractivity contribution >= 4 is 5.70 Å². The van der Waals surface area contributed by atoms with Gasteiger partial charge in [0.05, 0.1) is 11.3 Å². The first-order chi connectivity index (χ1) is 6.15.